The molecule has 0 unspecified atom stereocenters. The topological polar surface area (TPSA) is 25.8 Å². The first-order chi connectivity index (χ1) is 8.24. The monoisotopic (exact) mass is 243 g/mol. The Balaban J connectivity index is 2.21. The van der Waals surface area contributed by atoms with E-state index in [9.17, 15) is 4.39 Å². The normalized spacial score (nSPS) is 10.9. The van der Waals surface area contributed by atoms with Gasteiger partial charge in [0.25, 0.3) is 0 Å². The molecule has 0 atom stereocenters. The number of benzene rings is 1. The maximum Gasteiger partial charge on any atom is 0.128 e. The van der Waals surface area contributed by atoms with Gasteiger partial charge in [-0.25, -0.2) is 14.4 Å². The molecular weight excluding hydrogens is 235 g/mol. The minimum absolute atomic E-state index is 0.232. The number of rotatable bonds is 1. The van der Waals surface area contributed by atoms with Gasteiger partial charge >= 0.3 is 0 Å². The molecule has 0 saturated heterocycles. The summed E-state index contributed by atoms with van der Waals surface area (Å²) < 4.78 is 12.9. The van der Waals surface area contributed by atoms with Crippen LogP contribution in [0.25, 0.3) is 21.3 Å². The number of fused-ring (bicyclic) bond motifs is 1. The van der Waals surface area contributed by atoms with E-state index in [2.05, 4.69) is 16.2 Å². The molecule has 0 amide bonds. The van der Waals surface area contributed by atoms with E-state index in [1.807, 2.05) is 12.3 Å². The molecule has 1 aromatic carbocycles. The zero-order valence-electron chi connectivity index (χ0n) is 9.07. The Kier molecular flexibility index (Phi) is 2.37. The first kappa shape index (κ1) is 10.4. The maximum absolute atomic E-state index is 12.9. The molecule has 2 heterocycles. The summed E-state index contributed by atoms with van der Waals surface area (Å²) in [7, 11) is 0. The van der Waals surface area contributed by atoms with Crippen LogP contribution < -0.4 is 0 Å². The molecular formula is C13H8FN2S. The fourth-order valence-electron chi connectivity index (χ4n) is 1.69. The van der Waals surface area contributed by atoms with Crippen LogP contribution in [-0.4, -0.2) is 9.97 Å². The number of hydrogen-bond acceptors (Lipinski definition) is 3. The minimum Gasteiger partial charge on any atom is -0.231 e. The van der Waals surface area contributed by atoms with Gasteiger partial charge in [-0.15, -0.1) is 11.3 Å². The summed E-state index contributed by atoms with van der Waals surface area (Å²) >= 11 is 1.55. The Hall–Kier alpha value is -1.81. The third kappa shape index (κ3) is 1.80. The summed E-state index contributed by atoms with van der Waals surface area (Å²) in [6, 6.07) is 6.41. The number of thiophene rings is 1. The zero-order chi connectivity index (χ0) is 11.8. The van der Waals surface area contributed by atoms with Crippen molar-refractivity contribution in [2.24, 2.45) is 0 Å². The quantitative estimate of drug-likeness (QED) is 0.652. The molecule has 0 bridgehead atoms. The summed E-state index contributed by atoms with van der Waals surface area (Å²) in [6.07, 6.45) is 2.98. The summed E-state index contributed by atoms with van der Waals surface area (Å²) in [5.74, 6) is 0.481. The predicted molar refractivity (Wildman–Crippen MR) is 66.4 cm³/mol. The third-order valence-corrected chi connectivity index (χ3v) is 3.39. The van der Waals surface area contributed by atoms with Gasteiger partial charge in [0.2, 0.25) is 0 Å². The summed E-state index contributed by atoms with van der Waals surface area (Å²) in [5.41, 5.74) is 1.96. The highest BCUT2D eigenvalue weighted by atomic mass is 32.1. The molecule has 0 fully saturated rings. The van der Waals surface area contributed by atoms with Crippen molar-refractivity contribution in [3.05, 3.63) is 47.5 Å². The Labute approximate surface area is 102 Å². The molecule has 17 heavy (non-hydrogen) atoms. The molecule has 1 radical (unpaired) electrons. The van der Waals surface area contributed by atoms with Crippen LogP contribution in [-0.2, 0) is 0 Å². The van der Waals surface area contributed by atoms with Gasteiger partial charge in [0.15, 0.2) is 0 Å². The highest BCUT2D eigenvalue weighted by Gasteiger charge is 2.08. The first-order valence-corrected chi connectivity index (χ1v) is 6.01. The van der Waals surface area contributed by atoms with Crippen LogP contribution >= 0.6 is 11.3 Å². The second-order valence-corrected chi connectivity index (χ2v) is 4.58. The highest BCUT2D eigenvalue weighted by Crippen LogP contribution is 2.32. The van der Waals surface area contributed by atoms with Gasteiger partial charge in [0, 0.05) is 16.3 Å². The van der Waals surface area contributed by atoms with E-state index >= 15 is 0 Å². The molecule has 2 aromatic heterocycles. The predicted octanol–water partition coefficient (Wildman–Crippen LogP) is 3.61. The van der Waals surface area contributed by atoms with E-state index in [0.29, 0.717) is 5.82 Å². The lowest BCUT2D eigenvalue weighted by Gasteiger charge is -1.99. The SMILES string of the molecule is Cc1n[c]c2c(-c3ccc(F)cc3)csc2n1. The second kappa shape index (κ2) is 3.89. The number of aromatic nitrogens is 2. The van der Waals surface area contributed by atoms with E-state index in [-0.39, 0.29) is 5.82 Å². The zero-order valence-corrected chi connectivity index (χ0v) is 9.88. The fourth-order valence-corrected chi connectivity index (χ4v) is 2.63. The van der Waals surface area contributed by atoms with Gasteiger partial charge in [-0.3, -0.25) is 0 Å². The minimum atomic E-state index is -0.232. The van der Waals surface area contributed by atoms with Crippen molar-refractivity contribution in [1.29, 1.82) is 0 Å². The van der Waals surface area contributed by atoms with Gasteiger partial charge in [-0.2, -0.15) is 0 Å². The van der Waals surface area contributed by atoms with E-state index in [4.69, 9.17) is 0 Å². The number of aryl methyl sites for hydroxylation is 1. The van der Waals surface area contributed by atoms with Gasteiger partial charge in [0.05, 0.1) is 0 Å². The Morgan fingerprint density at radius 2 is 2.00 bits per heavy atom. The van der Waals surface area contributed by atoms with Gasteiger partial charge < -0.3 is 0 Å². The van der Waals surface area contributed by atoms with E-state index < -0.39 is 0 Å². The Bertz CT molecular complexity index is 673. The Morgan fingerprint density at radius 1 is 1.24 bits per heavy atom. The molecule has 4 heteroatoms. The van der Waals surface area contributed by atoms with E-state index in [0.717, 1.165) is 21.3 Å². The lowest BCUT2D eigenvalue weighted by Crippen LogP contribution is -1.85. The van der Waals surface area contributed by atoms with Crippen LogP contribution in [0.1, 0.15) is 5.82 Å². The van der Waals surface area contributed by atoms with Crippen LogP contribution in [0.4, 0.5) is 4.39 Å². The van der Waals surface area contributed by atoms with Crippen LogP contribution in [0.5, 0.6) is 0 Å². The van der Waals surface area contributed by atoms with Crippen molar-refractivity contribution in [1.82, 2.24) is 9.97 Å². The van der Waals surface area contributed by atoms with E-state index in [1.165, 1.54) is 12.1 Å². The van der Waals surface area contributed by atoms with Gasteiger partial charge in [-0.05, 0) is 24.6 Å². The van der Waals surface area contributed by atoms with Gasteiger partial charge in [0.1, 0.15) is 22.7 Å². The van der Waals surface area contributed by atoms with E-state index in [1.54, 1.807) is 23.5 Å². The van der Waals surface area contributed by atoms with Gasteiger partial charge in [-0.1, -0.05) is 12.1 Å². The number of halogens is 1. The lowest BCUT2D eigenvalue weighted by atomic mass is 10.1. The third-order valence-electron chi connectivity index (χ3n) is 2.52. The second-order valence-electron chi connectivity index (χ2n) is 3.72. The molecule has 0 spiro atoms. The number of nitrogens with zero attached hydrogens (tertiary/aromatic N) is 2. The Morgan fingerprint density at radius 3 is 2.76 bits per heavy atom. The van der Waals surface area contributed by atoms with Crippen LogP contribution in [0.15, 0.2) is 29.6 Å². The van der Waals surface area contributed by atoms with Crippen molar-refractivity contribution in [2.75, 3.05) is 0 Å². The molecule has 0 aliphatic carbocycles. The average molecular weight is 243 g/mol. The lowest BCUT2D eigenvalue weighted by molar-refractivity contribution is 0.628. The summed E-state index contributed by atoms with van der Waals surface area (Å²) in [5, 5.41) is 2.90. The number of hydrogen-bond donors (Lipinski definition) is 0. The highest BCUT2D eigenvalue weighted by molar-refractivity contribution is 7.17. The smallest absolute Gasteiger partial charge is 0.128 e. The molecule has 0 aliphatic heterocycles. The molecule has 0 N–H and O–H groups in total. The molecule has 0 saturated carbocycles. The maximum atomic E-state index is 12.9. The molecule has 0 aliphatic rings. The first-order valence-electron chi connectivity index (χ1n) is 5.13. The van der Waals surface area contributed by atoms with Crippen molar-refractivity contribution < 1.29 is 4.39 Å². The molecule has 3 aromatic rings. The largest absolute Gasteiger partial charge is 0.231 e. The van der Waals surface area contributed by atoms with Crippen molar-refractivity contribution in [3.8, 4) is 11.1 Å². The van der Waals surface area contributed by atoms with Crippen molar-refractivity contribution in [2.45, 2.75) is 6.92 Å². The van der Waals surface area contributed by atoms with Crippen LogP contribution in [0, 0.1) is 18.9 Å². The molecule has 83 valence electrons. The van der Waals surface area contributed by atoms with Crippen LogP contribution in [0.3, 0.4) is 0 Å². The molecule has 3 rings (SSSR count). The average Bonchev–Trinajstić information content (AvgIpc) is 2.73. The van der Waals surface area contributed by atoms with Crippen molar-refractivity contribution in [3.63, 3.8) is 0 Å². The fraction of sp³-hybridized carbons (Fsp3) is 0.0769. The molecule has 2 nitrogen and oxygen atoms in total. The van der Waals surface area contributed by atoms with Crippen LogP contribution in [0.2, 0.25) is 0 Å². The standard InChI is InChI=1S/C13H8FN2S/c1-8-15-6-11-12(7-17-13(11)16-8)9-2-4-10(14)5-3-9/h2-5,7H,1H3. The summed E-state index contributed by atoms with van der Waals surface area (Å²) in [6.45, 7) is 1.84. The van der Waals surface area contributed by atoms with Crippen molar-refractivity contribution >= 4 is 21.6 Å². The summed E-state index contributed by atoms with van der Waals surface area (Å²) in [4.78, 5) is 9.33.